The Morgan fingerprint density at radius 3 is 2.78 bits per heavy atom. The average molecular weight is 434 g/mol. The van der Waals surface area contributed by atoms with Crippen LogP contribution < -0.4 is 4.74 Å². The first kappa shape index (κ1) is 20.4. The van der Waals surface area contributed by atoms with Gasteiger partial charge in [-0.25, -0.2) is 9.97 Å². The topological polar surface area (TPSA) is 92.7 Å². The number of carbonyl (C=O) groups is 1. The highest BCUT2D eigenvalue weighted by molar-refractivity contribution is 5.83. The van der Waals surface area contributed by atoms with Crippen LogP contribution in [0.1, 0.15) is 49.5 Å². The van der Waals surface area contributed by atoms with Gasteiger partial charge < -0.3 is 9.30 Å². The van der Waals surface area contributed by atoms with E-state index in [0.29, 0.717) is 22.8 Å². The van der Waals surface area contributed by atoms with E-state index in [1.54, 1.807) is 23.0 Å². The summed E-state index contributed by atoms with van der Waals surface area (Å²) in [4.78, 5) is 26.3. The number of aryl methyl sites for hydroxylation is 2. The largest absolute Gasteiger partial charge is 0.435 e. The second-order valence-electron chi connectivity index (χ2n) is 8.33. The van der Waals surface area contributed by atoms with Gasteiger partial charge in [0.2, 0.25) is 5.91 Å². The van der Waals surface area contributed by atoms with Crippen molar-refractivity contribution in [3.8, 4) is 23.0 Å². The molecule has 9 nitrogen and oxygen atoms in total. The minimum atomic E-state index is 0.0976. The molecule has 4 heterocycles. The molecular formula is C23H27N7O2. The van der Waals surface area contributed by atoms with Gasteiger partial charge in [0.25, 0.3) is 5.88 Å². The number of ether oxygens (including phenoxy) is 1. The van der Waals surface area contributed by atoms with Crippen molar-refractivity contribution in [2.75, 3.05) is 0 Å². The summed E-state index contributed by atoms with van der Waals surface area (Å²) in [5.74, 6) is 1.90. The van der Waals surface area contributed by atoms with Crippen molar-refractivity contribution < 1.29 is 9.53 Å². The summed E-state index contributed by atoms with van der Waals surface area (Å²) in [5, 5.41) is 4.43. The zero-order valence-electron chi connectivity index (χ0n) is 18.7. The van der Waals surface area contributed by atoms with E-state index in [2.05, 4.69) is 22.0 Å². The van der Waals surface area contributed by atoms with Gasteiger partial charge in [-0.3, -0.25) is 14.0 Å². The van der Waals surface area contributed by atoms with Gasteiger partial charge in [-0.05, 0) is 32.8 Å². The molecule has 0 radical (unpaired) electrons. The molecule has 0 atom stereocenters. The zero-order chi connectivity index (χ0) is 22.2. The highest BCUT2D eigenvalue weighted by atomic mass is 16.5. The predicted octanol–water partition coefficient (Wildman–Crippen LogP) is 4.37. The van der Waals surface area contributed by atoms with Crippen LogP contribution >= 0.6 is 0 Å². The molecule has 1 aliphatic carbocycles. The highest BCUT2D eigenvalue weighted by Gasteiger charge is 2.23. The van der Waals surface area contributed by atoms with Gasteiger partial charge in [-0.1, -0.05) is 19.3 Å². The van der Waals surface area contributed by atoms with Crippen LogP contribution in [0.3, 0.4) is 0 Å². The molecule has 166 valence electrons. The Bertz CT molecular complexity index is 1280. The predicted molar refractivity (Wildman–Crippen MR) is 120 cm³/mol. The molecule has 0 aliphatic heterocycles. The van der Waals surface area contributed by atoms with E-state index in [1.165, 1.54) is 12.7 Å². The van der Waals surface area contributed by atoms with Crippen LogP contribution in [0.25, 0.3) is 22.6 Å². The lowest BCUT2D eigenvalue weighted by Gasteiger charge is -2.20. The Morgan fingerprint density at radius 2 is 2.03 bits per heavy atom. The summed E-state index contributed by atoms with van der Waals surface area (Å²) in [6, 6.07) is 1.79. The van der Waals surface area contributed by atoms with Crippen LogP contribution in [0.4, 0.5) is 0 Å². The molecule has 5 rings (SSSR count). The van der Waals surface area contributed by atoms with Gasteiger partial charge in [0.05, 0.1) is 18.0 Å². The van der Waals surface area contributed by atoms with E-state index in [9.17, 15) is 4.79 Å². The maximum Gasteiger partial charge on any atom is 0.251 e. The molecule has 0 bridgehead atoms. The lowest BCUT2D eigenvalue weighted by atomic mass is 9.88. The first-order valence-electron chi connectivity index (χ1n) is 11.2. The van der Waals surface area contributed by atoms with E-state index in [-0.39, 0.29) is 11.8 Å². The van der Waals surface area contributed by atoms with Crippen molar-refractivity contribution in [3.05, 3.63) is 36.7 Å². The molecule has 0 aromatic carbocycles. The smallest absolute Gasteiger partial charge is 0.251 e. The van der Waals surface area contributed by atoms with Crippen LogP contribution in [-0.2, 0) is 13.6 Å². The summed E-state index contributed by atoms with van der Waals surface area (Å²) in [6.07, 6.45) is 12.2. The van der Waals surface area contributed by atoms with Crippen molar-refractivity contribution in [1.82, 2.24) is 33.9 Å². The summed E-state index contributed by atoms with van der Waals surface area (Å²) in [7, 11) is 1.92. The number of carbonyl (C=O) groups excluding carboxylic acids is 1. The van der Waals surface area contributed by atoms with E-state index in [0.717, 1.165) is 49.3 Å². The third kappa shape index (κ3) is 3.47. The number of hydrogen-bond donors (Lipinski definition) is 0. The normalized spacial score (nSPS) is 14.8. The average Bonchev–Trinajstić information content (AvgIpc) is 3.52. The van der Waals surface area contributed by atoms with Crippen LogP contribution in [-0.4, -0.2) is 39.8 Å². The molecular weight excluding hydrogens is 406 g/mol. The molecule has 0 unspecified atom stereocenters. The minimum absolute atomic E-state index is 0.0976. The Morgan fingerprint density at radius 1 is 1.22 bits per heavy atom. The SMILES string of the molecule is CCn1ncc(-c2nc3c(Oc4ccn(C(=O)C5CCCCC5)c4)ncnc3n2C)c1C. The third-order valence-electron chi connectivity index (χ3n) is 6.36. The first-order chi connectivity index (χ1) is 15.6. The van der Waals surface area contributed by atoms with Crippen LogP contribution in [0.2, 0.25) is 0 Å². The van der Waals surface area contributed by atoms with E-state index in [4.69, 9.17) is 9.72 Å². The van der Waals surface area contributed by atoms with Gasteiger partial charge in [-0.15, -0.1) is 0 Å². The third-order valence-corrected chi connectivity index (χ3v) is 6.36. The van der Waals surface area contributed by atoms with Gasteiger partial charge >= 0.3 is 0 Å². The molecule has 4 aromatic rings. The number of hydrogen-bond acceptors (Lipinski definition) is 6. The summed E-state index contributed by atoms with van der Waals surface area (Å²) < 4.78 is 11.5. The second kappa shape index (κ2) is 8.22. The minimum Gasteiger partial charge on any atom is -0.435 e. The van der Waals surface area contributed by atoms with Crippen molar-refractivity contribution in [2.24, 2.45) is 13.0 Å². The molecule has 0 spiro atoms. The lowest BCUT2D eigenvalue weighted by molar-refractivity contribution is 0.0801. The molecule has 0 saturated heterocycles. The lowest BCUT2D eigenvalue weighted by Crippen LogP contribution is -2.22. The standard InChI is InChI=1S/C23H27N7O2/c1-4-30-15(2)18(12-26-30)20-27-19-21(28(20)3)24-14-25-22(19)32-17-10-11-29(13-17)23(31)16-8-6-5-7-9-16/h10-14,16H,4-9H2,1-3H3. The molecule has 0 N–H and O–H groups in total. The van der Waals surface area contributed by atoms with Crippen LogP contribution in [0.5, 0.6) is 11.6 Å². The summed E-state index contributed by atoms with van der Waals surface area (Å²) in [6.45, 7) is 4.88. The fourth-order valence-corrected chi connectivity index (χ4v) is 4.53. The van der Waals surface area contributed by atoms with Gasteiger partial charge in [0, 0.05) is 31.4 Å². The highest BCUT2D eigenvalue weighted by Crippen LogP contribution is 2.31. The zero-order valence-corrected chi connectivity index (χ0v) is 18.7. The van der Waals surface area contributed by atoms with Crippen molar-refractivity contribution in [2.45, 2.75) is 52.5 Å². The van der Waals surface area contributed by atoms with Gasteiger partial charge in [-0.2, -0.15) is 10.1 Å². The molecule has 32 heavy (non-hydrogen) atoms. The maximum atomic E-state index is 12.8. The molecule has 1 aliphatic rings. The number of rotatable bonds is 5. The molecule has 1 saturated carbocycles. The van der Waals surface area contributed by atoms with Crippen molar-refractivity contribution in [3.63, 3.8) is 0 Å². The number of imidazole rings is 1. The molecule has 0 amide bonds. The Labute approximate surface area is 186 Å². The molecule has 1 fully saturated rings. The van der Waals surface area contributed by atoms with Crippen molar-refractivity contribution >= 4 is 17.1 Å². The monoisotopic (exact) mass is 433 g/mol. The maximum absolute atomic E-state index is 12.8. The number of nitrogens with zero attached hydrogens (tertiary/aromatic N) is 7. The van der Waals surface area contributed by atoms with Crippen LogP contribution in [0.15, 0.2) is 31.0 Å². The number of fused-ring (bicyclic) bond motifs is 1. The molecule has 9 heteroatoms. The summed E-state index contributed by atoms with van der Waals surface area (Å²) in [5.41, 5.74) is 3.23. The van der Waals surface area contributed by atoms with Crippen molar-refractivity contribution in [1.29, 1.82) is 0 Å². The summed E-state index contributed by atoms with van der Waals surface area (Å²) >= 11 is 0. The quantitative estimate of drug-likeness (QED) is 0.464. The first-order valence-corrected chi connectivity index (χ1v) is 11.2. The van der Waals surface area contributed by atoms with E-state index in [1.807, 2.05) is 29.4 Å². The van der Waals surface area contributed by atoms with E-state index < -0.39 is 0 Å². The fraction of sp³-hybridized carbons (Fsp3) is 0.435. The van der Waals surface area contributed by atoms with Crippen LogP contribution in [0, 0.1) is 12.8 Å². The Kier molecular flexibility index (Phi) is 5.24. The second-order valence-corrected chi connectivity index (χ2v) is 8.33. The molecule has 4 aromatic heterocycles. The Balaban J connectivity index is 1.45. The van der Waals surface area contributed by atoms with Gasteiger partial charge in [0.15, 0.2) is 11.2 Å². The fourth-order valence-electron chi connectivity index (χ4n) is 4.53. The number of aromatic nitrogens is 7. The Hall–Kier alpha value is -3.49. The van der Waals surface area contributed by atoms with Gasteiger partial charge in [0.1, 0.15) is 17.9 Å². The van der Waals surface area contributed by atoms with E-state index >= 15 is 0 Å².